The van der Waals surface area contributed by atoms with E-state index in [2.05, 4.69) is 61.6 Å². The lowest BCUT2D eigenvalue weighted by Gasteiger charge is -2.27. The highest BCUT2D eigenvalue weighted by molar-refractivity contribution is 5.71. The van der Waals surface area contributed by atoms with E-state index in [9.17, 15) is 4.79 Å². The predicted octanol–water partition coefficient (Wildman–Crippen LogP) is 3.74. The van der Waals surface area contributed by atoms with Crippen molar-refractivity contribution in [2.45, 2.75) is 26.7 Å². The van der Waals surface area contributed by atoms with Crippen molar-refractivity contribution < 1.29 is 9.53 Å². The zero-order chi connectivity index (χ0) is 22.9. The number of ether oxygens (including phenoxy) is 1. The molecule has 1 N–H and O–H groups in total. The average molecular weight is 435 g/mol. The normalized spacial score (nSPS) is 13.3. The maximum absolute atomic E-state index is 10.3. The van der Waals surface area contributed by atoms with Gasteiger partial charge in [0.05, 0.1) is 25.1 Å². The molecule has 3 aromatic rings. The molecule has 0 spiro atoms. The first-order chi connectivity index (χ1) is 15.5. The quantitative estimate of drug-likeness (QED) is 0.607. The van der Waals surface area contributed by atoms with Crippen LogP contribution in [0.15, 0.2) is 42.9 Å². The number of carbonyl (C=O) groups excluding carboxylic acids is 1. The van der Waals surface area contributed by atoms with Gasteiger partial charge in [-0.25, -0.2) is 9.97 Å². The van der Waals surface area contributed by atoms with E-state index in [0.29, 0.717) is 17.9 Å². The Morgan fingerprint density at radius 2 is 1.91 bits per heavy atom. The van der Waals surface area contributed by atoms with Crippen molar-refractivity contribution in [3.63, 3.8) is 0 Å². The number of aldehydes is 1. The summed E-state index contributed by atoms with van der Waals surface area (Å²) in [4.78, 5) is 21.4. The van der Waals surface area contributed by atoms with Crippen LogP contribution in [0.5, 0.6) is 0 Å². The highest BCUT2D eigenvalue weighted by atomic mass is 16.5. The fraction of sp³-hybridized carbons (Fsp3) is 0.375. The van der Waals surface area contributed by atoms with Gasteiger partial charge in [-0.2, -0.15) is 5.10 Å². The number of aromatic nitrogens is 4. The van der Waals surface area contributed by atoms with Crippen LogP contribution in [-0.4, -0.2) is 59.8 Å². The van der Waals surface area contributed by atoms with Gasteiger partial charge < -0.3 is 15.0 Å². The smallest absolute Gasteiger partial charge is 0.170 e. The summed E-state index contributed by atoms with van der Waals surface area (Å²) < 4.78 is 5.39. The molecule has 2 aromatic heterocycles. The Morgan fingerprint density at radius 1 is 1.12 bits per heavy atom. The summed E-state index contributed by atoms with van der Waals surface area (Å²) in [5.41, 5.74) is 5.83. The SMILES string of the molecule is CC(C)c1cnnc(C=O)c1.CNc1ccc(C)c(-c2cc(N3CCOCC3)ncn2)c1. The molecule has 1 aromatic carbocycles. The minimum Gasteiger partial charge on any atom is -0.388 e. The lowest BCUT2D eigenvalue weighted by molar-refractivity contribution is 0.111. The number of anilines is 2. The van der Waals surface area contributed by atoms with Crippen LogP contribution in [-0.2, 0) is 4.74 Å². The van der Waals surface area contributed by atoms with Gasteiger partial charge >= 0.3 is 0 Å². The Kier molecular flexibility index (Phi) is 8.21. The van der Waals surface area contributed by atoms with Crippen LogP contribution in [0.25, 0.3) is 11.3 Å². The topological polar surface area (TPSA) is 93.1 Å². The van der Waals surface area contributed by atoms with Crippen molar-refractivity contribution in [1.29, 1.82) is 0 Å². The van der Waals surface area contributed by atoms with Gasteiger partial charge in [-0.1, -0.05) is 19.9 Å². The Labute approximate surface area is 189 Å². The molecule has 8 heteroatoms. The number of aryl methyl sites for hydroxylation is 1. The molecule has 0 unspecified atom stereocenters. The second-order valence-corrected chi connectivity index (χ2v) is 7.83. The second-order valence-electron chi connectivity index (χ2n) is 7.83. The molecule has 1 fully saturated rings. The Hall–Kier alpha value is -3.39. The van der Waals surface area contributed by atoms with Crippen LogP contribution in [0.2, 0.25) is 0 Å². The maximum atomic E-state index is 10.3. The van der Waals surface area contributed by atoms with E-state index in [0.717, 1.165) is 54.6 Å². The lowest BCUT2D eigenvalue weighted by Crippen LogP contribution is -2.36. The van der Waals surface area contributed by atoms with Crippen LogP contribution >= 0.6 is 0 Å². The molecule has 0 bridgehead atoms. The zero-order valence-electron chi connectivity index (χ0n) is 19.1. The number of rotatable bonds is 5. The van der Waals surface area contributed by atoms with Gasteiger partial charge in [-0.15, -0.1) is 5.10 Å². The van der Waals surface area contributed by atoms with Crippen molar-refractivity contribution in [2.24, 2.45) is 0 Å². The molecule has 0 saturated carbocycles. The molecule has 8 nitrogen and oxygen atoms in total. The fourth-order valence-electron chi connectivity index (χ4n) is 3.29. The molecule has 4 rings (SSSR count). The summed E-state index contributed by atoms with van der Waals surface area (Å²) in [6.45, 7) is 9.47. The maximum Gasteiger partial charge on any atom is 0.170 e. The third-order valence-electron chi connectivity index (χ3n) is 5.27. The van der Waals surface area contributed by atoms with Crippen LogP contribution in [0, 0.1) is 6.92 Å². The fourth-order valence-corrected chi connectivity index (χ4v) is 3.29. The Morgan fingerprint density at radius 3 is 2.59 bits per heavy atom. The summed E-state index contributed by atoms with van der Waals surface area (Å²) in [6, 6.07) is 10.1. The monoisotopic (exact) mass is 434 g/mol. The number of carbonyl (C=O) groups is 1. The number of hydrogen-bond acceptors (Lipinski definition) is 8. The van der Waals surface area contributed by atoms with Crippen molar-refractivity contribution in [3.05, 3.63) is 59.7 Å². The number of hydrogen-bond donors (Lipinski definition) is 1. The first-order valence-electron chi connectivity index (χ1n) is 10.7. The molecule has 0 amide bonds. The molecular weight excluding hydrogens is 404 g/mol. The third-order valence-corrected chi connectivity index (χ3v) is 5.27. The third kappa shape index (κ3) is 6.07. The number of nitrogens with zero attached hydrogens (tertiary/aromatic N) is 5. The van der Waals surface area contributed by atoms with Gasteiger partial charge in [0.1, 0.15) is 17.8 Å². The molecule has 0 atom stereocenters. The highest BCUT2D eigenvalue weighted by Gasteiger charge is 2.14. The number of morpholine rings is 1. The first-order valence-corrected chi connectivity index (χ1v) is 10.7. The van der Waals surface area contributed by atoms with E-state index in [1.165, 1.54) is 5.56 Å². The summed E-state index contributed by atoms with van der Waals surface area (Å²) in [5, 5.41) is 10.5. The minimum absolute atomic E-state index is 0.393. The van der Waals surface area contributed by atoms with E-state index >= 15 is 0 Å². The molecule has 1 saturated heterocycles. The highest BCUT2D eigenvalue weighted by Crippen LogP contribution is 2.27. The molecule has 0 radical (unpaired) electrons. The largest absolute Gasteiger partial charge is 0.388 e. The van der Waals surface area contributed by atoms with Crippen molar-refractivity contribution >= 4 is 17.8 Å². The molecule has 1 aliphatic rings. The summed E-state index contributed by atoms with van der Waals surface area (Å²) in [6.07, 6.45) is 4.03. The van der Waals surface area contributed by atoms with Gasteiger partial charge in [0, 0.05) is 37.5 Å². The number of benzene rings is 1. The van der Waals surface area contributed by atoms with Gasteiger partial charge in [0.2, 0.25) is 0 Å². The first kappa shape index (κ1) is 23.3. The molecule has 1 aliphatic heterocycles. The summed E-state index contributed by atoms with van der Waals surface area (Å²) >= 11 is 0. The summed E-state index contributed by atoms with van der Waals surface area (Å²) in [5.74, 6) is 1.36. The molecule has 0 aliphatic carbocycles. The van der Waals surface area contributed by atoms with E-state index in [4.69, 9.17) is 4.74 Å². The van der Waals surface area contributed by atoms with Crippen molar-refractivity contribution in [3.8, 4) is 11.3 Å². The predicted molar refractivity (Wildman–Crippen MR) is 126 cm³/mol. The molecule has 32 heavy (non-hydrogen) atoms. The van der Waals surface area contributed by atoms with Gasteiger partial charge in [-0.3, -0.25) is 4.79 Å². The van der Waals surface area contributed by atoms with E-state index in [1.54, 1.807) is 18.6 Å². The Balaban J connectivity index is 0.000000222. The minimum atomic E-state index is 0.393. The average Bonchev–Trinajstić information content (AvgIpc) is 2.85. The van der Waals surface area contributed by atoms with Crippen LogP contribution in [0.4, 0.5) is 11.5 Å². The standard InChI is InChI=1S/C16H20N4O.C8H10N2O/c1-12-3-4-13(17-2)9-14(12)15-10-16(19-11-18-15)20-5-7-21-8-6-20;1-6(2)7-3-8(5-11)10-9-4-7/h3-4,9-11,17H,5-8H2,1-2H3;3-6H,1-2H3. The Bertz CT molecular complexity index is 1030. The molecule has 3 heterocycles. The zero-order valence-corrected chi connectivity index (χ0v) is 19.1. The van der Waals surface area contributed by atoms with Gasteiger partial charge in [0.15, 0.2) is 6.29 Å². The van der Waals surface area contributed by atoms with Gasteiger partial charge in [0.25, 0.3) is 0 Å². The van der Waals surface area contributed by atoms with Crippen molar-refractivity contribution in [2.75, 3.05) is 43.6 Å². The van der Waals surface area contributed by atoms with Crippen LogP contribution in [0.3, 0.4) is 0 Å². The van der Waals surface area contributed by atoms with Crippen LogP contribution < -0.4 is 10.2 Å². The van der Waals surface area contributed by atoms with Crippen LogP contribution in [0.1, 0.15) is 41.4 Å². The van der Waals surface area contributed by atoms with Crippen molar-refractivity contribution in [1.82, 2.24) is 20.2 Å². The lowest BCUT2D eigenvalue weighted by atomic mass is 10.0. The van der Waals surface area contributed by atoms with E-state index in [-0.39, 0.29) is 0 Å². The molecule has 168 valence electrons. The molecular formula is C24H30N6O2. The second kappa shape index (κ2) is 11.3. The summed E-state index contributed by atoms with van der Waals surface area (Å²) in [7, 11) is 1.92. The van der Waals surface area contributed by atoms with E-state index < -0.39 is 0 Å². The number of nitrogens with one attached hydrogen (secondary N) is 1. The van der Waals surface area contributed by atoms with E-state index in [1.807, 2.05) is 20.9 Å². The van der Waals surface area contributed by atoms with Gasteiger partial charge in [-0.05, 0) is 42.2 Å².